The Kier molecular flexibility index (Phi) is 2.54. The third-order valence-electron chi connectivity index (χ3n) is 1.77. The fourth-order valence-corrected chi connectivity index (χ4v) is 1.05. The first-order valence-corrected chi connectivity index (χ1v) is 4.35. The molecule has 0 saturated carbocycles. The van der Waals surface area contributed by atoms with Gasteiger partial charge in [0.25, 0.3) is 0 Å². The largest absolute Gasteiger partial charge is 0.438 e. The number of rotatable bonds is 2. The standard InChI is InChI=1S/C10H8BN3O/c11-8-2-1-5-13-10(8)15-7-3-4-9(12)14-6-7/h1-6H,(H2,12,14). The lowest BCUT2D eigenvalue weighted by Crippen LogP contribution is -2.07. The highest BCUT2D eigenvalue weighted by Crippen LogP contribution is 2.16. The van der Waals surface area contributed by atoms with Gasteiger partial charge in [-0.1, -0.05) is 6.07 Å². The van der Waals surface area contributed by atoms with Crippen LogP contribution in [0.2, 0.25) is 0 Å². The maximum atomic E-state index is 5.67. The molecule has 0 saturated heterocycles. The zero-order valence-corrected chi connectivity index (χ0v) is 7.92. The summed E-state index contributed by atoms with van der Waals surface area (Å²) in [5.74, 6) is 1.36. The van der Waals surface area contributed by atoms with E-state index in [9.17, 15) is 0 Å². The Morgan fingerprint density at radius 1 is 1.20 bits per heavy atom. The lowest BCUT2D eigenvalue weighted by molar-refractivity contribution is 0.465. The minimum Gasteiger partial charge on any atom is -0.438 e. The van der Waals surface area contributed by atoms with E-state index in [1.807, 2.05) is 0 Å². The van der Waals surface area contributed by atoms with Gasteiger partial charge in [-0.3, -0.25) is 0 Å². The van der Waals surface area contributed by atoms with Gasteiger partial charge in [-0.2, -0.15) is 0 Å². The minimum atomic E-state index is 0.365. The molecule has 0 aliphatic rings. The molecule has 0 fully saturated rings. The Morgan fingerprint density at radius 3 is 2.73 bits per heavy atom. The third kappa shape index (κ3) is 2.25. The molecule has 0 amide bonds. The number of pyridine rings is 2. The van der Waals surface area contributed by atoms with Crippen LogP contribution in [-0.2, 0) is 0 Å². The quantitative estimate of drug-likeness (QED) is 0.717. The average Bonchev–Trinajstić information content (AvgIpc) is 2.25. The van der Waals surface area contributed by atoms with Crippen molar-refractivity contribution in [2.24, 2.45) is 0 Å². The van der Waals surface area contributed by atoms with E-state index in [2.05, 4.69) is 9.97 Å². The van der Waals surface area contributed by atoms with E-state index >= 15 is 0 Å². The number of nitrogen functional groups attached to an aromatic ring is 1. The van der Waals surface area contributed by atoms with Crippen LogP contribution in [0.15, 0.2) is 36.7 Å². The van der Waals surface area contributed by atoms with E-state index in [4.69, 9.17) is 18.3 Å². The van der Waals surface area contributed by atoms with Gasteiger partial charge in [0.05, 0.1) is 6.20 Å². The Balaban J connectivity index is 2.22. The van der Waals surface area contributed by atoms with Gasteiger partial charge in [0.2, 0.25) is 5.88 Å². The summed E-state index contributed by atoms with van der Waals surface area (Å²) in [6.45, 7) is 0. The molecule has 0 atom stereocenters. The Morgan fingerprint density at radius 2 is 2.07 bits per heavy atom. The topological polar surface area (TPSA) is 61.0 Å². The van der Waals surface area contributed by atoms with Crippen molar-refractivity contribution >= 4 is 19.1 Å². The van der Waals surface area contributed by atoms with Crippen molar-refractivity contribution in [3.05, 3.63) is 36.7 Å². The third-order valence-corrected chi connectivity index (χ3v) is 1.77. The van der Waals surface area contributed by atoms with Crippen molar-refractivity contribution in [2.75, 3.05) is 5.73 Å². The van der Waals surface area contributed by atoms with Crippen LogP contribution in [0.3, 0.4) is 0 Å². The zero-order valence-electron chi connectivity index (χ0n) is 7.92. The van der Waals surface area contributed by atoms with E-state index in [1.165, 1.54) is 6.20 Å². The molecule has 2 heterocycles. The van der Waals surface area contributed by atoms with Crippen LogP contribution < -0.4 is 15.9 Å². The van der Waals surface area contributed by atoms with E-state index in [-0.39, 0.29) is 0 Å². The SMILES string of the molecule is [B]c1cccnc1Oc1ccc(N)nc1. The summed E-state index contributed by atoms with van der Waals surface area (Å²) in [6, 6.07) is 6.81. The average molecular weight is 197 g/mol. The number of anilines is 1. The molecule has 72 valence electrons. The summed E-state index contributed by atoms with van der Waals surface area (Å²) in [7, 11) is 5.67. The molecular formula is C10H8BN3O. The second-order valence-electron chi connectivity index (χ2n) is 2.92. The predicted molar refractivity (Wildman–Crippen MR) is 58.3 cm³/mol. The highest BCUT2D eigenvalue weighted by Gasteiger charge is 2.01. The van der Waals surface area contributed by atoms with Crippen LogP contribution in [-0.4, -0.2) is 17.8 Å². The second kappa shape index (κ2) is 4.00. The summed E-state index contributed by atoms with van der Waals surface area (Å²) in [6.07, 6.45) is 3.12. The molecule has 15 heavy (non-hydrogen) atoms. The normalized spacial score (nSPS) is 9.87. The van der Waals surface area contributed by atoms with Crippen molar-refractivity contribution in [3.63, 3.8) is 0 Å². The molecule has 2 aromatic rings. The van der Waals surface area contributed by atoms with Crippen molar-refractivity contribution in [1.82, 2.24) is 9.97 Å². The van der Waals surface area contributed by atoms with Crippen LogP contribution >= 0.6 is 0 Å². The summed E-state index contributed by atoms with van der Waals surface area (Å²) in [5.41, 5.74) is 5.92. The number of aromatic nitrogens is 2. The maximum absolute atomic E-state index is 5.67. The van der Waals surface area contributed by atoms with Gasteiger partial charge < -0.3 is 10.5 Å². The number of nitrogens with zero attached hydrogens (tertiary/aromatic N) is 2. The van der Waals surface area contributed by atoms with Crippen molar-refractivity contribution < 1.29 is 4.74 Å². The zero-order chi connectivity index (χ0) is 10.7. The van der Waals surface area contributed by atoms with Gasteiger partial charge in [0.1, 0.15) is 19.4 Å². The van der Waals surface area contributed by atoms with Crippen molar-refractivity contribution in [1.29, 1.82) is 0 Å². The summed E-state index contributed by atoms with van der Waals surface area (Å²) in [4.78, 5) is 7.88. The van der Waals surface area contributed by atoms with Crippen LogP contribution in [0.25, 0.3) is 0 Å². The molecule has 2 aromatic heterocycles. The number of hydrogen-bond acceptors (Lipinski definition) is 4. The molecule has 4 nitrogen and oxygen atoms in total. The molecule has 5 heteroatoms. The highest BCUT2D eigenvalue weighted by atomic mass is 16.5. The van der Waals surface area contributed by atoms with E-state index in [0.29, 0.717) is 22.9 Å². The predicted octanol–water partition coefficient (Wildman–Crippen LogP) is 0.645. The molecule has 2 N–H and O–H groups in total. The molecule has 0 bridgehead atoms. The van der Waals surface area contributed by atoms with Crippen LogP contribution in [0.1, 0.15) is 0 Å². The van der Waals surface area contributed by atoms with Crippen molar-refractivity contribution in [2.45, 2.75) is 0 Å². The van der Waals surface area contributed by atoms with E-state index in [1.54, 1.807) is 30.5 Å². The summed E-state index contributed by atoms with van der Waals surface area (Å²) < 4.78 is 5.41. The van der Waals surface area contributed by atoms with Crippen LogP contribution in [0, 0.1) is 0 Å². The lowest BCUT2D eigenvalue weighted by atomic mass is 9.98. The Labute approximate surface area is 88.5 Å². The monoisotopic (exact) mass is 197 g/mol. The van der Waals surface area contributed by atoms with Crippen molar-refractivity contribution in [3.8, 4) is 11.6 Å². The van der Waals surface area contributed by atoms with E-state index in [0.717, 1.165) is 0 Å². The van der Waals surface area contributed by atoms with Gasteiger partial charge in [0.15, 0.2) is 0 Å². The molecule has 0 aliphatic heterocycles. The molecular weight excluding hydrogens is 189 g/mol. The summed E-state index contributed by atoms with van der Waals surface area (Å²) in [5, 5.41) is 0. The maximum Gasteiger partial charge on any atom is 0.212 e. The molecule has 0 aliphatic carbocycles. The van der Waals surface area contributed by atoms with Gasteiger partial charge in [-0.25, -0.2) is 9.97 Å². The molecule has 2 radical (unpaired) electrons. The Hall–Kier alpha value is -2.04. The van der Waals surface area contributed by atoms with Crippen LogP contribution in [0.4, 0.5) is 5.82 Å². The fourth-order valence-electron chi connectivity index (χ4n) is 1.05. The molecule has 0 spiro atoms. The van der Waals surface area contributed by atoms with Gasteiger partial charge in [-0.05, 0) is 23.7 Å². The van der Waals surface area contributed by atoms with Gasteiger partial charge >= 0.3 is 0 Å². The van der Waals surface area contributed by atoms with E-state index < -0.39 is 0 Å². The molecule has 2 rings (SSSR count). The highest BCUT2D eigenvalue weighted by molar-refractivity contribution is 6.33. The summed E-state index contributed by atoms with van der Waals surface area (Å²) >= 11 is 0. The second-order valence-corrected chi connectivity index (χ2v) is 2.92. The lowest BCUT2D eigenvalue weighted by Gasteiger charge is -2.06. The smallest absolute Gasteiger partial charge is 0.212 e. The fraction of sp³-hybridized carbons (Fsp3) is 0. The first-order chi connectivity index (χ1) is 7.25. The number of hydrogen-bond donors (Lipinski definition) is 1. The molecule has 0 unspecified atom stereocenters. The first-order valence-electron chi connectivity index (χ1n) is 4.35. The minimum absolute atomic E-state index is 0.365. The van der Waals surface area contributed by atoms with Gasteiger partial charge in [-0.15, -0.1) is 0 Å². The first kappa shape index (κ1) is 9.52. The van der Waals surface area contributed by atoms with Crippen LogP contribution in [0.5, 0.6) is 11.6 Å². The number of ether oxygens (including phenoxy) is 1. The Bertz CT molecular complexity index is 458. The number of nitrogens with two attached hydrogens (primary N) is 1. The van der Waals surface area contributed by atoms with Gasteiger partial charge in [0, 0.05) is 6.20 Å². The molecule has 0 aromatic carbocycles.